The van der Waals surface area contributed by atoms with Gasteiger partial charge in [0.2, 0.25) is 0 Å². The predicted molar refractivity (Wildman–Crippen MR) is 47.5 cm³/mol. The van der Waals surface area contributed by atoms with Gasteiger partial charge in [-0.15, -0.1) is 0 Å². The third-order valence-electron chi connectivity index (χ3n) is 2.15. The van der Waals surface area contributed by atoms with Crippen LogP contribution in [0.15, 0.2) is 18.2 Å². The Kier molecular flexibility index (Phi) is 1.67. The second-order valence-corrected chi connectivity index (χ2v) is 3.35. The molecule has 62 valence electrons. The van der Waals surface area contributed by atoms with Crippen molar-refractivity contribution in [3.8, 4) is 0 Å². The minimum absolute atomic E-state index is 0.00694. The van der Waals surface area contributed by atoms with Gasteiger partial charge < -0.3 is 5.73 Å². The molecule has 1 atom stereocenters. The van der Waals surface area contributed by atoms with E-state index in [1.165, 1.54) is 0 Å². The van der Waals surface area contributed by atoms with Crippen molar-refractivity contribution in [3.05, 3.63) is 34.3 Å². The maximum atomic E-state index is 11.4. The van der Waals surface area contributed by atoms with E-state index in [1.807, 2.05) is 0 Å². The van der Waals surface area contributed by atoms with E-state index in [0.29, 0.717) is 17.0 Å². The summed E-state index contributed by atoms with van der Waals surface area (Å²) in [5, 5.41) is 0.647. The van der Waals surface area contributed by atoms with Gasteiger partial charge in [-0.2, -0.15) is 0 Å². The average Bonchev–Trinajstić information content (AvgIpc) is 2.32. The van der Waals surface area contributed by atoms with Crippen molar-refractivity contribution in [3.63, 3.8) is 0 Å². The van der Waals surface area contributed by atoms with Crippen molar-refractivity contribution >= 4 is 17.4 Å². The van der Waals surface area contributed by atoms with Crippen LogP contribution in [0.25, 0.3) is 0 Å². The number of carbonyl (C=O) groups excluding carboxylic acids is 1. The summed E-state index contributed by atoms with van der Waals surface area (Å²) >= 11 is 5.89. The highest BCUT2D eigenvalue weighted by molar-refractivity contribution is 6.32. The van der Waals surface area contributed by atoms with Gasteiger partial charge in [0.05, 0.1) is 6.04 Å². The fourth-order valence-corrected chi connectivity index (χ4v) is 1.76. The first-order valence-corrected chi connectivity index (χ1v) is 4.15. The summed E-state index contributed by atoms with van der Waals surface area (Å²) in [5.74, 6) is 0.00694. The Labute approximate surface area is 75.3 Å². The van der Waals surface area contributed by atoms with Gasteiger partial charge in [-0.25, -0.2) is 0 Å². The summed E-state index contributed by atoms with van der Waals surface area (Å²) in [6, 6.07) is 4.94. The largest absolute Gasteiger partial charge is 0.321 e. The molecule has 2 nitrogen and oxygen atoms in total. The Morgan fingerprint density at radius 2 is 2.25 bits per heavy atom. The molecule has 3 heteroatoms. The summed E-state index contributed by atoms with van der Waals surface area (Å²) in [5.41, 5.74) is 7.18. The van der Waals surface area contributed by atoms with Gasteiger partial charge in [-0.1, -0.05) is 23.7 Å². The van der Waals surface area contributed by atoms with Crippen LogP contribution in [0.1, 0.15) is 15.9 Å². The monoisotopic (exact) mass is 181 g/mol. The lowest BCUT2D eigenvalue weighted by molar-refractivity contribution is 0.0974. The molecule has 0 saturated heterocycles. The maximum Gasteiger partial charge on any atom is 0.180 e. The molecule has 0 fully saturated rings. The van der Waals surface area contributed by atoms with Gasteiger partial charge >= 0.3 is 0 Å². The zero-order valence-electron chi connectivity index (χ0n) is 6.38. The normalized spacial score (nSPS) is 21.2. The number of ketones is 1. The average molecular weight is 182 g/mol. The molecule has 0 spiro atoms. The van der Waals surface area contributed by atoms with Gasteiger partial charge in [0, 0.05) is 10.6 Å². The lowest BCUT2D eigenvalue weighted by Crippen LogP contribution is -2.26. The summed E-state index contributed by atoms with van der Waals surface area (Å²) in [6.07, 6.45) is 0.577. The standard InChI is InChI=1S/C9H8ClNO/c10-7-3-1-2-5-6(7)4-8(11)9(5)12/h1-3,8H,4,11H2/t8-/m1/s1. The number of fused-ring (bicyclic) bond motifs is 1. The van der Waals surface area contributed by atoms with E-state index < -0.39 is 0 Å². The predicted octanol–water partition coefficient (Wildman–Crippen LogP) is 1.41. The lowest BCUT2D eigenvalue weighted by atomic mass is 10.1. The maximum absolute atomic E-state index is 11.4. The van der Waals surface area contributed by atoms with E-state index >= 15 is 0 Å². The molecule has 1 aromatic carbocycles. The van der Waals surface area contributed by atoms with E-state index in [-0.39, 0.29) is 11.8 Å². The first-order valence-electron chi connectivity index (χ1n) is 3.77. The number of Topliss-reactive ketones (excluding diaryl/α,β-unsaturated/α-hetero) is 1. The number of rotatable bonds is 0. The zero-order chi connectivity index (χ0) is 8.72. The van der Waals surface area contributed by atoms with Crippen molar-refractivity contribution in [2.75, 3.05) is 0 Å². The summed E-state index contributed by atoms with van der Waals surface area (Å²) in [6.45, 7) is 0. The smallest absolute Gasteiger partial charge is 0.180 e. The Morgan fingerprint density at radius 3 is 2.92 bits per heavy atom. The van der Waals surface area contributed by atoms with E-state index in [9.17, 15) is 4.79 Å². The molecule has 0 saturated carbocycles. The quantitative estimate of drug-likeness (QED) is 0.658. The fourth-order valence-electron chi connectivity index (χ4n) is 1.51. The van der Waals surface area contributed by atoms with Crippen molar-refractivity contribution in [2.24, 2.45) is 5.73 Å². The van der Waals surface area contributed by atoms with Crippen LogP contribution < -0.4 is 5.73 Å². The van der Waals surface area contributed by atoms with Crippen LogP contribution >= 0.6 is 11.6 Å². The molecule has 0 bridgehead atoms. The fraction of sp³-hybridized carbons (Fsp3) is 0.222. The number of hydrogen-bond acceptors (Lipinski definition) is 2. The molecule has 1 aliphatic carbocycles. The molecule has 0 unspecified atom stereocenters. The Hall–Kier alpha value is -0.860. The van der Waals surface area contributed by atoms with Crippen LogP contribution in [0.4, 0.5) is 0 Å². The number of carbonyl (C=O) groups is 1. The van der Waals surface area contributed by atoms with Crippen molar-refractivity contribution in [2.45, 2.75) is 12.5 Å². The molecular weight excluding hydrogens is 174 g/mol. The first kappa shape index (κ1) is 7.77. The van der Waals surface area contributed by atoms with Crippen molar-refractivity contribution in [1.29, 1.82) is 0 Å². The third kappa shape index (κ3) is 0.958. The minimum atomic E-state index is -0.389. The van der Waals surface area contributed by atoms with Gasteiger partial charge in [0.25, 0.3) is 0 Å². The van der Waals surface area contributed by atoms with E-state index in [4.69, 9.17) is 17.3 Å². The third-order valence-corrected chi connectivity index (χ3v) is 2.50. The van der Waals surface area contributed by atoms with Gasteiger partial charge in [0.1, 0.15) is 0 Å². The van der Waals surface area contributed by atoms with Crippen LogP contribution in [0.3, 0.4) is 0 Å². The van der Waals surface area contributed by atoms with Gasteiger partial charge in [-0.3, -0.25) is 4.79 Å². The molecule has 2 rings (SSSR count). The molecule has 1 aliphatic rings. The topological polar surface area (TPSA) is 43.1 Å². The Morgan fingerprint density at radius 1 is 1.50 bits per heavy atom. The summed E-state index contributed by atoms with van der Waals surface area (Å²) in [4.78, 5) is 11.4. The van der Waals surface area contributed by atoms with Crippen LogP contribution in [0.5, 0.6) is 0 Å². The molecular formula is C9H8ClNO. The second kappa shape index (κ2) is 2.57. The number of hydrogen-bond donors (Lipinski definition) is 1. The van der Waals surface area contributed by atoms with Crippen LogP contribution in [0, 0.1) is 0 Å². The highest BCUT2D eigenvalue weighted by atomic mass is 35.5. The lowest BCUT2D eigenvalue weighted by Gasteiger charge is -1.97. The highest BCUT2D eigenvalue weighted by Crippen LogP contribution is 2.27. The zero-order valence-corrected chi connectivity index (χ0v) is 7.14. The molecule has 0 amide bonds. The number of benzene rings is 1. The van der Waals surface area contributed by atoms with E-state index in [1.54, 1.807) is 18.2 Å². The number of halogens is 1. The van der Waals surface area contributed by atoms with Gasteiger partial charge in [-0.05, 0) is 18.1 Å². The molecule has 0 aliphatic heterocycles. The van der Waals surface area contributed by atoms with Crippen LogP contribution in [0.2, 0.25) is 5.02 Å². The van der Waals surface area contributed by atoms with Crippen molar-refractivity contribution < 1.29 is 4.79 Å². The Balaban J connectivity index is 2.61. The first-order chi connectivity index (χ1) is 5.70. The summed E-state index contributed by atoms with van der Waals surface area (Å²) < 4.78 is 0. The van der Waals surface area contributed by atoms with E-state index in [2.05, 4.69) is 0 Å². The second-order valence-electron chi connectivity index (χ2n) is 2.94. The molecule has 1 aromatic rings. The van der Waals surface area contributed by atoms with Gasteiger partial charge in [0.15, 0.2) is 5.78 Å². The Bertz CT molecular complexity index is 348. The molecule has 0 heterocycles. The number of nitrogens with two attached hydrogens (primary N) is 1. The van der Waals surface area contributed by atoms with Crippen LogP contribution in [-0.2, 0) is 6.42 Å². The molecule has 2 N–H and O–H groups in total. The van der Waals surface area contributed by atoms with Crippen molar-refractivity contribution in [1.82, 2.24) is 0 Å². The SMILES string of the molecule is N[C@@H]1Cc2c(Cl)cccc2C1=O. The molecule has 12 heavy (non-hydrogen) atoms. The van der Waals surface area contributed by atoms with Crippen LogP contribution in [-0.4, -0.2) is 11.8 Å². The molecule has 0 radical (unpaired) electrons. The highest BCUT2D eigenvalue weighted by Gasteiger charge is 2.28. The van der Waals surface area contributed by atoms with E-state index in [0.717, 1.165) is 5.56 Å². The minimum Gasteiger partial charge on any atom is -0.321 e. The molecule has 0 aromatic heterocycles. The summed E-state index contributed by atoms with van der Waals surface area (Å²) in [7, 11) is 0.